The summed E-state index contributed by atoms with van der Waals surface area (Å²) in [5, 5.41) is 10.2. The van der Waals surface area contributed by atoms with Gasteiger partial charge in [-0.15, -0.1) is 0 Å². The van der Waals surface area contributed by atoms with Gasteiger partial charge in [-0.2, -0.15) is 0 Å². The van der Waals surface area contributed by atoms with Gasteiger partial charge in [0.2, 0.25) is 0 Å². The van der Waals surface area contributed by atoms with Crippen molar-refractivity contribution in [2.24, 2.45) is 0 Å². The number of aromatic nitrogens is 1. The molecule has 0 aliphatic heterocycles. The maximum Gasteiger partial charge on any atom is 0.0541 e. The summed E-state index contributed by atoms with van der Waals surface area (Å²) in [5.74, 6) is 0. The molecule has 0 bridgehead atoms. The first kappa shape index (κ1) is 34.6. The molecule has 58 heavy (non-hydrogen) atoms. The monoisotopic (exact) mass is 746 g/mol. The maximum absolute atomic E-state index is 2.48. The predicted molar refractivity (Wildman–Crippen MR) is 250 cm³/mol. The van der Waals surface area contributed by atoms with Crippen LogP contribution >= 0.6 is 0 Å². The first-order valence-corrected chi connectivity index (χ1v) is 20.6. The molecule has 0 spiro atoms. The number of hydrogen-bond donors (Lipinski definition) is 0. The van der Waals surface area contributed by atoms with Crippen molar-refractivity contribution in [1.82, 2.24) is 4.57 Å². The van der Waals surface area contributed by atoms with Crippen molar-refractivity contribution in [3.8, 4) is 27.9 Å². The lowest BCUT2D eigenvalue weighted by atomic mass is 9.78. The molecule has 0 radical (unpaired) electrons. The summed E-state index contributed by atoms with van der Waals surface area (Å²) in [6.45, 7) is 13.9. The number of rotatable bonds is 4. The second-order valence-corrected chi connectivity index (χ2v) is 18.3. The van der Waals surface area contributed by atoms with Crippen LogP contribution in [0.15, 0.2) is 170 Å². The molecule has 0 fully saturated rings. The Kier molecular flexibility index (Phi) is 7.41. The molecule has 1 aromatic heterocycles. The van der Waals surface area contributed by atoms with Crippen molar-refractivity contribution < 1.29 is 0 Å². The molecule has 2 heteroatoms. The van der Waals surface area contributed by atoms with E-state index in [2.05, 4.69) is 221 Å². The fourth-order valence-electron chi connectivity index (χ4n) is 9.65. The smallest absolute Gasteiger partial charge is 0.0541 e. The van der Waals surface area contributed by atoms with Gasteiger partial charge >= 0.3 is 0 Å². The fourth-order valence-corrected chi connectivity index (χ4v) is 9.65. The molecule has 10 aromatic rings. The van der Waals surface area contributed by atoms with Gasteiger partial charge in [-0.1, -0.05) is 133 Å². The van der Waals surface area contributed by atoms with Gasteiger partial charge in [0.1, 0.15) is 0 Å². The van der Waals surface area contributed by atoms with Crippen LogP contribution in [0.1, 0.15) is 52.7 Å². The third-order valence-corrected chi connectivity index (χ3v) is 12.5. The lowest BCUT2D eigenvalue weighted by molar-refractivity contribution is 0.590. The van der Waals surface area contributed by atoms with Gasteiger partial charge < -0.3 is 9.47 Å². The van der Waals surface area contributed by atoms with E-state index in [0.717, 1.165) is 11.4 Å². The number of para-hydroxylation sites is 2. The first-order valence-electron chi connectivity index (χ1n) is 20.6. The third kappa shape index (κ3) is 5.32. The van der Waals surface area contributed by atoms with Crippen LogP contribution < -0.4 is 4.90 Å². The maximum atomic E-state index is 2.48. The van der Waals surface area contributed by atoms with E-state index in [1.54, 1.807) is 0 Å². The molecule has 11 rings (SSSR count). The van der Waals surface area contributed by atoms with Gasteiger partial charge in [-0.3, -0.25) is 0 Å². The number of nitrogens with zero attached hydrogens (tertiary/aromatic N) is 2. The van der Waals surface area contributed by atoms with E-state index in [9.17, 15) is 0 Å². The Morgan fingerprint density at radius 3 is 1.48 bits per heavy atom. The average molecular weight is 747 g/mol. The number of hydrogen-bond acceptors (Lipinski definition) is 1. The average Bonchev–Trinajstić information content (AvgIpc) is 3.56. The van der Waals surface area contributed by atoms with Crippen molar-refractivity contribution in [2.45, 2.75) is 52.4 Å². The molecular formula is C56H46N2. The van der Waals surface area contributed by atoms with E-state index in [1.165, 1.54) is 98.9 Å². The molecule has 0 unspecified atom stereocenters. The van der Waals surface area contributed by atoms with Crippen molar-refractivity contribution in [3.05, 3.63) is 181 Å². The van der Waals surface area contributed by atoms with Crippen LogP contribution in [0, 0.1) is 0 Å². The van der Waals surface area contributed by atoms with Crippen molar-refractivity contribution >= 4 is 71.2 Å². The van der Waals surface area contributed by atoms with Gasteiger partial charge in [0.15, 0.2) is 0 Å². The zero-order chi connectivity index (χ0) is 39.5. The molecule has 0 N–H and O–H groups in total. The Bertz CT molecular complexity index is 3240. The molecule has 9 aromatic carbocycles. The van der Waals surface area contributed by atoms with Crippen molar-refractivity contribution in [1.29, 1.82) is 0 Å². The number of anilines is 3. The Morgan fingerprint density at radius 1 is 0.379 bits per heavy atom. The SMILES string of the molecule is CC(C)(C)c1ccc(N(c2ccc3cc4c(cc3c2)-c2cc3ccc(-n5c6ccccc6c6ccccc65)cc3cc2-4)c2ccc3ccccc3c2C(C)(C)C)cc1. The molecule has 280 valence electrons. The van der Waals surface area contributed by atoms with E-state index in [0.29, 0.717) is 0 Å². The Labute approximate surface area is 340 Å². The van der Waals surface area contributed by atoms with Crippen LogP contribution in [0.2, 0.25) is 0 Å². The zero-order valence-electron chi connectivity index (χ0n) is 34.1. The summed E-state index contributed by atoms with van der Waals surface area (Å²) in [6.07, 6.45) is 0. The molecule has 2 nitrogen and oxygen atoms in total. The van der Waals surface area contributed by atoms with Crippen molar-refractivity contribution in [2.75, 3.05) is 4.90 Å². The van der Waals surface area contributed by atoms with Gasteiger partial charge in [0.25, 0.3) is 0 Å². The van der Waals surface area contributed by atoms with Gasteiger partial charge in [-0.05, 0) is 155 Å². The lowest BCUT2D eigenvalue weighted by Gasteiger charge is -2.34. The number of fused-ring (bicyclic) bond motifs is 10. The van der Waals surface area contributed by atoms with Crippen LogP contribution in [0.3, 0.4) is 0 Å². The lowest BCUT2D eigenvalue weighted by Crippen LogP contribution is -2.20. The van der Waals surface area contributed by atoms with E-state index in [1.807, 2.05) is 0 Å². The molecular weight excluding hydrogens is 701 g/mol. The quantitative estimate of drug-likeness (QED) is 0.174. The second kappa shape index (κ2) is 12.4. The molecule has 1 aliphatic carbocycles. The largest absolute Gasteiger partial charge is 0.310 e. The predicted octanol–water partition coefficient (Wildman–Crippen LogP) is 16.0. The topological polar surface area (TPSA) is 8.17 Å². The van der Waals surface area contributed by atoms with Crippen LogP contribution in [0.4, 0.5) is 17.1 Å². The number of benzene rings is 9. The molecule has 1 aliphatic rings. The zero-order valence-corrected chi connectivity index (χ0v) is 34.1. The van der Waals surface area contributed by atoms with E-state index < -0.39 is 0 Å². The minimum Gasteiger partial charge on any atom is -0.310 e. The highest BCUT2D eigenvalue weighted by molar-refractivity contribution is 6.13. The Hall–Kier alpha value is -6.64. The van der Waals surface area contributed by atoms with E-state index in [4.69, 9.17) is 0 Å². The summed E-state index contributed by atoms with van der Waals surface area (Å²) in [5.41, 5.74) is 15.2. The van der Waals surface area contributed by atoms with Gasteiger partial charge in [-0.25, -0.2) is 0 Å². The highest BCUT2D eigenvalue weighted by Crippen LogP contribution is 2.52. The molecule has 1 heterocycles. The third-order valence-electron chi connectivity index (χ3n) is 12.5. The molecule has 0 atom stereocenters. The summed E-state index contributed by atoms with van der Waals surface area (Å²) in [7, 11) is 0. The second-order valence-electron chi connectivity index (χ2n) is 18.3. The van der Waals surface area contributed by atoms with Gasteiger partial charge in [0.05, 0.1) is 16.7 Å². The normalized spacial score (nSPS) is 12.7. The van der Waals surface area contributed by atoms with E-state index >= 15 is 0 Å². The summed E-state index contributed by atoms with van der Waals surface area (Å²) in [6, 6.07) is 63.7. The summed E-state index contributed by atoms with van der Waals surface area (Å²) in [4.78, 5) is 2.48. The standard InChI is InChI=1S/C56H46N2/c1-55(2,3)40-22-26-41(27-23-40)57(53-28-21-35-13-7-8-14-44(35)54(53)56(4,5)6)42-24-19-36-31-47-49(33-38(36)29-42)48-32-37-20-25-43(30-39(37)34-50(47)48)58-51-17-11-9-15-45(51)46-16-10-12-18-52(46)58/h7-34H,1-6H3. The molecule has 0 saturated carbocycles. The highest BCUT2D eigenvalue weighted by Gasteiger charge is 2.28. The van der Waals surface area contributed by atoms with Gasteiger partial charge in [0, 0.05) is 27.8 Å². The van der Waals surface area contributed by atoms with Crippen LogP contribution in [-0.4, -0.2) is 4.57 Å². The Balaban J connectivity index is 1.03. The Morgan fingerprint density at radius 2 is 0.879 bits per heavy atom. The first-order chi connectivity index (χ1) is 28.0. The molecule has 0 amide bonds. The minimum atomic E-state index is -0.0871. The van der Waals surface area contributed by atoms with Crippen LogP contribution in [0.5, 0.6) is 0 Å². The van der Waals surface area contributed by atoms with Crippen molar-refractivity contribution in [3.63, 3.8) is 0 Å². The minimum absolute atomic E-state index is 0.0734. The highest BCUT2D eigenvalue weighted by atomic mass is 15.1. The summed E-state index contributed by atoms with van der Waals surface area (Å²) >= 11 is 0. The van der Waals surface area contributed by atoms with Crippen LogP contribution in [-0.2, 0) is 10.8 Å². The molecule has 0 saturated heterocycles. The van der Waals surface area contributed by atoms with E-state index in [-0.39, 0.29) is 10.8 Å². The fraction of sp³-hybridized carbons (Fsp3) is 0.143. The van der Waals surface area contributed by atoms with Crippen LogP contribution in [0.25, 0.3) is 82.1 Å². The summed E-state index contributed by atoms with van der Waals surface area (Å²) < 4.78 is 2.41.